The average Bonchev–Trinajstić information content (AvgIpc) is 3.38. The number of furan rings is 1. The van der Waals surface area contributed by atoms with E-state index in [1.807, 2.05) is 0 Å². The molecule has 9 nitrogen and oxygen atoms in total. The minimum Gasteiger partial charge on any atom is -0.507 e. The van der Waals surface area contributed by atoms with Crippen LogP contribution >= 0.6 is 0 Å². The molecular weight excluding hydrogens is 428 g/mol. The number of carbonyl (C=O) groups is 2. The van der Waals surface area contributed by atoms with Gasteiger partial charge in [-0.15, -0.1) is 0 Å². The fourth-order valence-electron chi connectivity index (χ4n) is 4.54. The van der Waals surface area contributed by atoms with E-state index in [0.29, 0.717) is 68.1 Å². The van der Waals surface area contributed by atoms with Crippen molar-refractivity contribution in [3.8, 4) is 11.5 Å². The topological polar surface area (TPSA) is 103 Å². The maximum Gasteiger partial charge on any atom is 0.295 e. The van der Waals surface area contributed by atoms with Gasteiger partial charge in [0, 0.05) is 5.56 Å². The first kappa shape index (κ1) is 21.5. The predicted molar refractivity (Wildman–Crippen MR) is 116 cm³/mol. The lowest BCUT2D eigenvalue weighted by atomic mass is 9.99. The molecule has 3 aliphatic rings. The van der Waals surface area contributed by atoms with E-state index < -0.39 is 17.7 Å². The zero-order chi connectivity index (χ0) is 22.9. The summed E-state index contributed by atoms with van der Waals surface area (Å²) in [4.78, 5) is 29.0. The monoisotopic (exact) mass is 455 g/mol. The molecule has 1 aromatic heterocycles. The molecule has 0 unspecified atom stereocenters. The van der Waals surface area contributed by atoms with Crippen molar-refractivity contribution in [2.75, 3.05) is 52.6 Å². The summed E-state index contributed by atoms with van der Waals surface area (Å²) >= 11 is 0. The minimum atomic E-state index is -0.799. The molecule has 9 heteroatoms. The molecule has 1 atom stereocenters. The number of nitrogens with zero attached hydrogens (tertiary/aromatic N) is 1. The Bertz CT molecular complexity index is 1100. The van der Waals surface area contributed by atoms with Crippen molar-refractivity contribution in [1.29, 1.82) is 0 Å². The van der Waals surface area contributed by atoms with Gasteiger partial charge in [0.1, 0.15) is 49.6 Å². The average molecular weight is 455 g/mol. The number of morpholine rings is 1. The molecule has 3 aliphatic heterocycles. The van der Waals surface area contributed by atoms with Crippen LogP contribution in [-0.2, 0) is 14.3 Å². The summed E-state index contributed by atoms with van der Waals surface area (Å²) < 4.78 is 22.4. The lowest BCUT2D eigenvalue weighted by Gasteiger charge is -2.28. The molecule has 33 heavy (non-hydrogen) atoms. The highest BCUT2D eigenvalue weighted by Gasteiger charge is 2.47. The van der Waals surface area contributed by atoms with Gasteiger partial charge in [0.2, 0.25) is 0 Å². The quantitative estimate of drug-likeness (QED) is 0.389. The Balaban J connectivity index is 1.51. The molecule has 5 rings (SSSR count). The fourth-order valence-corrected chi connectivity index (χ4v) is 4.54. The van der Waals surface area contributed by atoms with Gasteiger partial charge in [-0.25, -0.2) is 0 Å². The van der Waals surface area contributed by atoms with Gasteiger partial charge >= 0.3 is 0 Å². The number of aliphatic hydroxyl groups is 1. The van der Waals surface area contributed by atoms with Gasteiger partial charge in [-0.3, -0.25) is 9.59 Å². The Morgan fingerprint density at radius 1 is 1.06 bits per heavy atom. The van der Waals surface area contributed by atoms with Crippen LogP contribution in [0.1, 0.15) is 23.1 Å². The molecule has 0 spiro atoms. The number of ketones is 1. The number of likely N-dealkylation sites (tertiary alicyclic amines) is 1. The third-order valence-electron chi connectivity index (χ3n) is 6.29. The number of fused-ring (bicyclic) bond motifs is 1. The van der Waals surface area contributed by atoms with Crippen LogP contribution in [0.4, 0.5) is 0 Å². The Hall–Kier alpha value is -3.30. The molecule has 1 aromatic carbocycles. The van der Waals surface area contributed by atoms with Crippen LogP contribution in [-0.4, -0.2) is 74.3 Å². The third-order valence-corrected chi connectivity index (χ3v) is 6.29. The van der Waals surface area contributed by atoms with Crippen LogP contribution in [0.15, 0.2) is 40.3 Å². The number of amides is 1. The highest BCUT2D eigenvalue weighted by molar-refractivity contribution is 6.46. The molecule has 2 aromatic rings. The van der Waals surface area contributed by atoms with E-state index in [2.05, 4.69) is 0 Å². The number of ether oxygens (including phenoxy) is 3. The zero-order valence-electron chi connectivity index (χ0n) is 18.5. The lowest BCUT2D eigenvalue weighted by Crippen LogP contribution is -3.14. The van der Waals surface area contributed by atoms with Crippen molar-refractivity contribution in [2.24, 2.45) is 0 Å². The molecule has 2 N–H and O–H groups in total. The summed E-state index contributed by atoms with van der Waals surface area (Å²) in [6.07, 6.45) is 0. The number of benzene rings is 1. The normalized spacial score (nSPS) is 22.7. The van der Waals surface area contributed by atoms with Gasteiger partial charge in [-0.1, -0.05) is 0 Å². The second kappa shape index (κ2) is 8.92. The van der Waals surface area contributed by atoms with Crippen molar-refractivity contribution < 1.29 is 38.2 Å². The van der Waals surface area contributed by atoms with Gasteiger partial charge in [0.25, 0.3) is 11.7 Å². The lowest BCUT2D eigenvalue weighted by molar-refractivity contribution is -0.907. The molecule has 2 fully saturated rings. The van der Waals surface area contributed by atoms with E-state index >= 15 is 0 Å². The van der Waals surface area contributed by atoms with E-state index in [1.54, 1.807) is 37.3 Å². The maximum absolute atomic E-state index is 13.1. The SMILES string of the molecule is Cc1ccc([C@H]2C(=C(O)c3ccc4c(c3)OCCO4)C(=O)C(=O)N2CC[NH+]2CCOCC2)o1. The Labute approximate surface area is 191 Å². The van der Waals surface area contributed by atoms with Gasteiger partial charge in [0.15, 0.2) is 11.5 Å². The van der Waals surface area contributed by atoms with Gasteiger partial charge in [-0.05, 0) is 37.3 Å². The van der Waals surface area contributed by atoms with Gasteiger partial charge in [0.05, 0.1) is 31.9 Å². The fraction of sp³-hybridized carbons (Fsp3) is 0.417. The molecule has 1 amide bonds. The summed E-state index contributed by atoms with van der Waals surface area (Å²) in [7, 11) is 0. The number of Topliss-reactive ketones (excluding diaryl/α,β-unsaturated/α-hetero) is 1. The smallest absolute Gasteiger partial charge is 0.295 e. The molecule has 0 saturated carbocycles. The Kier molecular flexibility index (Phi) is 5.82. The number of quaternary nitrogens is 1. The third kappa shape index (κ3) is 4.09. The van der Waals surface area contributed by atoms with Crippen molar-refractivity contribution in [2.45, 2.75) is 13.0 Å². The zero-order valence-corrected chi connectivity index (χ0v) is 18.5. The van der Waals surface area contributed by atoms with Crippen LogP contribution < -0.4 is 14.4 Å². The molecule has 0 bridgehead atoms. The number of rotatable bonds is 5. The van der Waals surface area contributed by atoms with Crippen molar-refractivity contribution in [3.05, 3.63) is 53.0 Å². The van der Waals surface area contributed by atoms with Crippen LogP contribution in [0.2, 0.25) is 0 Å². The molecule has 2 saturated heterocycles. The van der Waals surface area contributed by atoms with E-state index in [9.17, 15) is 14.7 Å². The van der Waals surface area contributed by atoms with Gasteiger partial charge in [-0.2, -0.15) is 0 Å². The first-order chi connectivity index (χ1) is 16.0. The number of nitrogens with one attached hydrogen (secondary N) is 1. The molecule has 0 aliphatic carbocycles. The minimum absolute atomic E-state index is 0.0167. The van der Waals surface area contributed by atoms with E-state index in [-0.39, 0.29) is 11.3 Å². The number of carbonyl (C=O) groups excluding carboxylic acids is 2. The summed E-state index contributed by atoms with van der Waals surface area (Å²) in [6.45, 7) is 6.76. The largest absolute Gasteiger partial charge is 0.507 e. The second-order valence-electron chi connectivity index (χ2n) is 8.41. The van der Waals surface area contributed by atoms with E-state index in [0.717, 1.165) is 13.1 Å². The second-order valence-corrected chi connectivity index (χ2v) is 8.41. The summed E-state index contributed by atoms with van der Waals surface area (Å²) in [6, 6.07) is 7.70. The van der Waals surface area contributed by atoms with Crippen LogP contribution in [0.5, 0.6) is 11.5 Å². The number of hydrogen-bond donors (Lipinski definition) is 2. The van der Waals surface area contributed by atoms with E-state index in [4.69, 9.17) is 18.6 Å². The number of aliphatic hydroxyl groups excluding tert-OH is 1. The first-order valence-corrected chi connectivity index (χ1v) is 11.2. The highest BCUT2D eigenvalue weighted by Crippen LogP contribution is 2.41. The number of aryl methyl sites for hydroxylation is 1. The molecule has 174 valence electrons. The summed E-state index contributed by atoms with van der Waals surface area (Å²) in [5.74, 6) is 0.548. The Morgan fingerprint density at radius 2 is 1.82 bits per heavy atom. The first-order valence-electron chi connectivity index (χ1n) is 11.2. The standard InChI is InChI=1S/C24H26N2O7/c1-15-2-4-18(33-15)21-20(22(27)16-3-5-17-19(14-16)32-13-12-31-17)23(28)24(29)26(21)7-6-25-8-10-30-11-9-25/h2-5,14,21,27H,6-13H2,1H3/p+1/t21-/m0/s1. The maximum atomic E-state index is 13.1. The van der Waals surface area contributed by atoms with E-state index in [1.165, 1.54) is 9.80 Å². The molecular formula is C24H27N2O7+. The van der Waals surface area contributed by atoms with Crippen molar-refractivity contribution >= 4 is 17.4 Å². The summed E-state index contributed by atoms with van der Waals surface area (Å²) in [5.41, 5.74) is 0.396. The molecule has 4 heterocycles. The summed E-state index contributed by atoms with van der Waals surface area (Å²) in [5, 5.41) is 11.2. The van der Waals surface area contributed by atoms with Crippen LogP contribution in [0.25, 0.3) is 5.76 Å². The highest BCUT2D eigenvalue weighted by atomic mass is 16.6. The molecule has 0 radical (unpaired) electrons. The van der Waals surface area contributed by atoms with Crippen LogP contribution in [0, 0.1) is 6.92 Å². The van der Waals surface area contributed by atoms with Gasteiger partial charge < -0.3 is 33.5 Å². The number of hydrogen-bond acceptors (Lipinski definition) is 7. The van der Waals surface area contributed by atoms with Crippen molar-refractivity contribution in [1.82, 2.24) is 4.90 Å². The predicted octanol–water partition coefficient (Wildman–Crippen LogP) is 0.696. The Morgan fingerprint density at radius 3 is 2.55 bits per heavy atom. The van der Waals surface area contributed by atoms with Crippen molar-refractivity contribution in [3.63, 3.8) is 0 Å². The van der Waals surface area contributed by atoms with Crippen LogP contribution in [0.3, 0.4) is 0 Å².